The lowest BCUT2D eigenvalue weighted by Gasteiger charge is -2.37. The van der Waals surface area contributed by atoms with E-state index in [9.17, 15) is 14.7 Å². The summed E-state index contributed by atoms with van der Waals surface area (Å²) in [6.45, 7) is 16.2. The van der Waals surface area contributed by atoms with Crippen molar-refractivity contribution in [3.8, 4) is 0 Å². The van der Waals surface area contributed by atoms with Crippen molar-refractivity contribution in [1.29, 1.82) is 0 Å². The first kappa shape index (κ1) is 30.0. The third kappa shape index (κ3) is 6.57. The van der Waals surface area contributed by atoms with E-state index in [-0.39, 0.29) is 16.7 Å². The number of aliphatic carboxylic acids is 1. The van der Waals surface area contributed by atoms with Crippen LogP contribution in [0.3, 0.4) is 0 Å². The molecule has 1 aromatic carbocycles. The minimum atomic E-state index is -1.05. The van der Waals surface area contributed by atoms with Crippen molar-refractivity contribution in [3.63, 3.8) is 0 Å². The molecule has 0 aliphatic heterocycles. The summed E-state index contributed by atoms with van der Waals surface area (Å²) < 4.78 is 0. The lowest BCUT2D eigenvalue weighted by atomic mass is 9.72. The van der Waals surface area contributed by atoms with E-state index in [4.69, 9.17) is 5.11 Å². The van der Waals surface area contributed by atoms with Gasteiger partial charge >= 0.3 is 5.97 Å². The summed E-state index contributed by atoms with van der Waals surface area (Å²) >= 11 is 1.45. The summed E-state index contributed by atoms with van der Waals surface area (Å²) in [6, 6.07) is 9.68. The van der Waals surface area contributed by atoms with Gasteiger partial charge in [0.2, 0.25) is 0 Å². The Kier molecular flexibility index (Phi) is 9.94. The number of hydrogen-bond acceptors (Lipinski definition) is 4. The molecule has 1 unspecified atom stereocenters. The topological polar surface area (TPSA) is 86.6 Å². The molecule has 0 fully saturated rings. The molecule has 0 saturated carbocycles. The molecular weight excluding hydrogens is 470 g/mol. The Bertz CT molecular complexity index is 1040. The second-order valence-corrected chi connectivity index (χ2v) is 12.3. The average molecular weight is 516 g/mol. The van der Waals surface area contributed by atoms with E-state index in [2.05, 4.69) is 65.1 Å². The van der Waals surface area contributed by atoms with Gasteiger partial charge in [-0.2, -0.15) is 0 Å². The van der Waals surface area contributed by atoms with Gasteiger partial charge in [-0.15, -0.1) is 11.3 Å². The van der Waals surface area contributed by atoms with E-state index in [1.54, 1.807) is 6.07 Å². The summed E-state index contributed by atoms with van der Waals surface area (Å²) in [5.74, 6) is -1.40. The third-order valence-corrected chi connectivity index (χ3v) is 9.29. The van der Waals surface area contributed by atoms with E-state index in [1.807, 2.05) is 13.0 Å². The van der Waals surface area contributed by atoms with Crippen LogP contribution in [0.5, 0.6) is 0 Å². The van der Waals surface area contributed by atoms with Crippen LogP contribution in [0.2, 0.25) is 0 Å². The van der Waals surface area contributed by atoms with Crippen molar-refractivity contribution in [3.05, 3.63) is 56.8 Å². The maximum Gasteiger partial charge on any atom is 0.325 e. The second kappa shape index (κ2) is 11.9. The first-order valence-electron chi connectivity index (χ1n) is 13.2. The minimum Gasteiger partial charge on any atom is -0.480 e. The fourth-order valence-electron chi connectivity index (χ4n) is 4.62. The Morgan fingerprint density at radius 2 is 1.61 bits per heavy atom. The van der Waals surface area contributed by atoms with Crippen LogP contribution in [0.25, 0.3) is 0 Å². The molecule has 5 nitrogen and oxygen atoms in total. The third-order valence-electron chi connectivity index (χ3n) is 8.00. The Morgan fingerprint density at radius 3 is 2.14 bits per heavy atom. The molecule has 36 heavy (non-hydrogen) atoms. The Labute approximate surface area is 221 Å². The van der Waals surface area contributed by atoms with Gasteiger partial charge in [-0.05, 0) is 80.2 Å². The van der Waals surface area contributed by atoms with Gasteiger partial charge in [0.25, 0.3) is 5.91 Å². The number of aryl methyl sites for hydroxylation is 2. The quantitative estimate of drug-likeness (QED) is 0.292. The largest absolute Gasteiger partial charge is 0.480 e. The van der Waals surface area contributed by atoms with E-state index in [0.29, 0.717) is 11.3 Å². The molecular formula is C30H45NO4S. The van der Waals surface area contributed by atoms with Crippen molar-refractivity contribution in [2.45, 2.75) is 111 Å². The number of carboxylic acid groups (broad SMARTS) is 1. The summed E-state index contributed by atoms with van der Waals surface area (Å²) in [4.78, 5) is 25.4. The van der Waals surface area contributed by atoms with Crippen LogP contribution in [0.1, 0.15) is 112 Å². The Balaban J connectivity index is 2.42. The predicted octanol–water partition coefficient (Wildman–Crippen LogP) is 6.74. The molecule has 200 valence electrons. The van der Waals surface area contributed by atoms with Gasteiger partial charge in [-0.1, -0.05) is 66.2 Å². The van der Waals surface area contributed by atoms with Crippen LogP contribution >= 0.6 is 11.3 Å². The first-order chi connectivity index (χ1) is 16.7. The highest BCUT2D eigenvalue weighted by molar-refractivity contribution is 7.14. The zero-order valence-electron chi connectivity index (χ0n) is 23.3. The number of nitrogens with one attached hydrogen (secondary N) is 1. The number of thiophene rings is 1. The molecule has 1 heterocycles. The lowest BCUT2D eigenvalue weighted by Crippen LogP contribution is -2.40. The zero-order chi connectivity index (χ0) is 27.3. The maximum absolute atomic E-state index is 12.6. The fourth-order valence-corrected chi connectivity index (χ4v) is 5.88. The molecule has 1 aromatic heterocycles. The smallest absolute Gasteiger partial charge is 0.325 e. The summed E-state index contributed by atoms with van der Waals surface area (Å²) in [6.07, 6.45) is 5.34. The maximum atomic E-state index is 12.6. The number of hydrogen-bond donors (Lipinski definition) is 3. The number of amides is 1. The SMILES string of the molecule is CCCc1cc(C(CC)(CC)c2ccc(C(=O)N[C@@H](C)C(=O)O)s2)ccc1CCC(C)(O)C(C)(C)C. The van der Waals surface area contributed by atoms with Crippen LogP contribution in [-0.2, 0) is 23.1 Å². The molecule has 0 radical (unpaired) electrons. The van der Waals surface area contributed by atoms with Gasteiger partial charge < -0.3 is 15.5 Å². The number of carbonyl (C=O) groups excluding carboxylic acids is 1. The van der Waals surface area contributed by atoms with Gasteiger partial charge in [-0.25, -0.2) is 0 Å². The van der Waals surface area contributed by atoms with Gasteiger partial charge in [0.1, 0.15) is 6.04 Å². The van der Waals surface area contributed by atoms with Crippen molar-refractivity contribution >= 4 is 23.2 Å². The fraction of sp³-hybridized carbons (Fsp3) is 0.600. The molecule has 0 aliphatic rings. The van der Waals surface area contributed by atoms with Crippen molar-refractivity contribution in [2.75, 3.05) is 0 Å². The Hall–Kier alpha value is -2.18. The highest BCUT2D eigenvalue weighted by Gasteiger charge is 2.36. The standard InChI is InChI=1S/C30H45NO4S/c1-9-12-22-19-23(14-13-21(22)17-18-29(8,35)28(5,6)7)30(10-2,11-3)25-16-15-24(36-25)26(32)31-20(4)27(33)34/h13-16,19-20,35H,9-12,17-18H2,1-8H3,(H,31,32)(H,33,34)/t20-,29?/m0/s1. The van der Waals surface area contributed by atoms with Crippen molar-refractivity contribution in [1.82, 2.24) is 5.32 Å². The average Bonchev–Trinajstić information content (AvgIpc) is 3.30. The van der Waals surface area contributed by atoms with E-state index in [0.717, 1.165) is 37.0 Å². The monoisotopic (exact) mass is 515 g/mol. The van der Waals surface area contributed by atoms with Crippen molar-refractivity contribution < 1.29 is 19.8 Å². The predicted molar refractivity (Wildman–Crippen MR) is 149 cm³/mol. The molecule has 2 aromatic rings. The summed E-state index contributed by atoms with van der Waals surface area (Å²) in [5, 5.41) is 22.7. The van der Waals surface area contributed by atoms with Gasteiger partial charge in [0, 0.05) is 10.3 Å². The van der Waals surface area contributed by atoms with E-state index >= 15 is 0 Å². The number of aliphatic hydroxyl groups is 1. The molecule has 0 spiro atoms. The molecule has 3 N–H and O–H groups in total. The zero-order valence-corrected chi connectivity index (χ0v) is 24.1. The first-order valence-corrected chi connectivity index (χ1v) is 14.0. The van der Waals surface area contributed by atoms with Crippen molar-refractivity contribution in [2.24, 2.45) is 5.41 Å². The highest BCUT2D eigenvalue weighted by atomic mass is 32.1. The summed E-state index contributed by atoms with van der Waals surface area (Å²) in [7, 11) is 0. The molecule has 2 rings (SSSR count). The van der Waals surface area contributed by atoms with Gasteiger partial charge in [0.05, 0.1) is 10.5 Å². The van der Waals surface area contributed by atoms with Crippen LogP contribution in [0, 0.1) is 5.41 Å². The van der Waals surface area contributed by atoms with Gasteiger partial charge in [0.15, 0.2) is 0 Å². The number of benzene rings is 1. The molecule has 6 heteroatoms. The number of rotatable bonds is 12. The molecule has 0 aliphatic carbocycles. The molecule has 0 saturated heterocycles. The van der Waals surface area contributed by atoms with E-state index < -0.39 is 17.6 Å². The Morgan fingerprint density at radius 1 is 0.972 bits per heavy atom. The number of carboxylic acids is 1. The second-order valence-electron chi connectivity index (χ2n) is 11.2. The number of carbonyl (C=O) groups is 2. The normalized spacial score (nSPS) is 14.8. The van der Waals surface area contributed by atoms with Crippen LogP contribution in [0.4, 0.5) is 0 Å². The molecule has 0 bridgehead atoms. The van der Waals surface area contributed by atoms with Crippen LogP contribution < -0.4 is 5.32 Å². The highest BCUT2D eigenvalue weighted by Crippen LogP contribution is 2.43. The minimum absolute atomic E-state index is 0.192. The van der Waals surface area contributed by atoms with Crippen LogP contribution in [-0.4, -0.2) is 33.7 Å². The molecule has 1 amide bonds. The van der Waals surface area contributed by atoms with E-state index in [1.165, 1.54) is 35.0 Å². The molecule has 2 atom stereocenters. The lowest BCUT2D eigenvalue weighted by molar-refractivity contribution is -0.138. The van der Waals surface area contributed by atoms with Gasteiger partial charge in [-0.3, -0.25) is 9.59 Å². The van der Waals surface area contributed by atoms with Crippen LogP contribution in [0.15, 0.2) is 30.3 Å². The summed E-state index contributed by atoms with van der Waals surface area (Å²) in [5.41, 5.74) is 2.70.